The summed E-state index contributed by atoms with van der Waals surface area (Å²) in [4.78, 5) is 4.33. The molecule has 1 aliphatic rings. The standard InChI is InChI=1S/C10H17N5.HI/c1-3-15-7-9(6-13-15)5-12-10-11-4-8(2)14-10;/h6-8H,3-5H2,1-2H3,(H2,11,12,14);1H. The van der Waals surface area contributed by atoms with Crippen molar-refractivity contribution in [1.29, 1.82) is 0 Å². The van der Waals surface area contributed by atoms with E-state index in [0.29, 0.717) is 6.04 Å². The van der Waals surface area contributed by atoms with Crippen molar-refractivity contribution in [2.75, 3.05) is 6.54 Å². The molecular weight excluding hydrogens is 317 g/mol. The van der Waals surface area contributed by atoms with Gasteiger partial charge in [-0.3, -0.25) is 9.67 Å². The zero-order valence-electron chi connectivity index (χ0n) is 9.60. The molecule has 0 saturated heterocycles. The molecule has 1 aromatic rings. The van der Waals surface area contributed by atoms with Crippen molar-refractivity contribution in [1.82, 2.24) is 20.4 Å². The summed E-state index contributed by atoms with van der Waals surface area (Å²) >= 11 is 0. The first kappa shape index (κ1) is 13.3. The fourth-order valence-electron chi connectivity index (χ4n) is 1.52. The molecule has 0 saturated carbocycles. The molecule has 0 spiro atoms. The van der Waals surface area contributed by atoms with Crippen LogP contribution >= 0.6 is 24.0 Å². The lowest BCUT2D eigenvalue weighted by atomic mass is 10.3. The summed E-state index contributed by atoms with van der Waals surface area (Å²) < 4.78 is 1.92. The van der Waals surface area contributed by atoms with Crippen LogP contribution < -0.4 is 10.6 Å². The number of aromatic nitrogens is 2. The first-order valence-electron chi connectivity index (χ1n) is 5.34. The van der Waals surface area contributed by atoms with Gasteiger partial charge in [0.2, 0.25) is 0 Å². The number of hydrogen-bond donors (Lipinski definition) is 2. The van der Waals surface area contributed by atoms with Gasteiger partial charge in [0.15, 0.2) is 5.96 Å². The van der Waals surface area contributed by atoms with Crippen molar-refractivity contribution < 1.29 is 0 Å². The van der Waals surface area contributed by atoms with E-state index in [2.05, 4.69) is 34.6 Å². The van der Waals surface area contributed by atoms with E-state index in [1.54, 1.807) is 0 Å². The maximum absolute atomic E-state index is 4.33. The number of hydrogen-bond acceptors (Lipinski definition) is 4. The Balaban J connectivity index is 0.00000128. The lowest BCUT2D eigenvalue weighted by Gasteiger charge is -2.07. The minimum Gasteiger partial charge on any atom is -0.352 e. The van der Waals surface area contributed by atoms with Gasteiger partial charge >= 0.3 is 0 Å². The van der Waals surface area contributed by atoms with Gasteiger partial charge in [-0.25, -0.2) is 0 Å². The number of aliphatic imine (C=N–C) groups is 1. The molecule has 0 radical (unpaired) electrons. The number of aryl methyl sites for hydroxylation is 1. The summed E-state index contributed by atoms with van der Waals surface area (Å²) in [5.74, 6) is 0.895. The molecule has 5 nitrogen and oxygen atoms in total. The van der Waals surface area contributed by atoms with Crippen LogP contribution in [-0.2, 0) is 13.1 Å². The first-order valence-corrected chi connectivity index (χ1v) is 5.34. The van der Waals surface area contributed by atoms with Gasteiger partial charge in [0.05, 0.1) is 12.7 Å². The fourth-order valence-corrected chi connectivity index (χ4v) is 1.52. The minimum atomic E-state index is 0. The van der Waals surface area contributed by atoms with Gasteiger partial charge in [0.25, 0.3) is 0 Å². The van der Waals surface area contributed by atoms with Crippen molar-refractivity contribution in [2.45, 2.75) is 33.0 Å². The monoisotopic (exact) mass is 335 g/mol. The number of guanidine groups is 1. The molecule has 16 heavy (non-hydrogen) atoms. The van der Waals surface area contributed by atoms with Crippen LogP contribution in [0.4, 0.5) is 0 Å². The van der Waals surface area contributed by atoms with E-state index in [1.807, 2.05) is 17.1 Å². The second-order valence-corrected chi connectivity index (χ2v) is 3.79. The first-order chi connectivity index (χ1) is 7.28. The molecule has 0 aliphatic carbocycles. The van der Waals surface area contributed by atoms with Gasteiger partial charge in [-0.05, 0) is 13.8 Å². The third-order valence-electron chi connectivity index (χ3n) is 2.38. The van der Waals surface area contributed by atoms with E-state index in [-0.39, 0.29) is 24.0 Å². The number of halogens is 1. The summed E-state index contributed by atoms with van der Waals surface area (Å²) in [7, 11) is 0. The zero-order valence-corrected chi connectivity index (χ0v) is 11.9. The predicted octanol–water partition coefficient (Wildman–Crippen LogP) is 0.958. The van der Waals surface area contributed by atoms with Gasteiger partial charge in [-0.2, -0.15) is 5.10 Å². The van der Waals surface area contributed by atoms with Crippen LogP contribution in [0.1, 0.15) is 19.4 Å². The van der Waals surface area contributed by atoms with Crippen LogP contribution in [-0.4, -0.2) is 28.3 Å². The molecule has 6 heteroatoms. The predicted molar refractivity (Wildman–Crippen MR) is 75.1 cm³/mol. The van der Waals surface area contributed by atoms with Crippen molar-refractivity contribution in [3.8, 4) is 0 Å². The maximum Gasteiger partial charge on any atom is 0.191 e. The lowest BCUT2D eigenvalue weighted by Crippen LogP contribution is -2.37. The van der Waals surface area contributed by atoms with Crippen LogP contribution in [0.25, 0.3) is 0 Å². The molecule has 0 aromatic carbocycles. The highest BCUT2D eigenvalue weighted by Gasteiger charge is 2.11. The molecule has 1 unspecified atom stereocenters. The molecule has 1 aromatic heterocycles. The number of nitrogens with zero attached hydrogens (tertiary/aromatic N) is 3. The van der Waals surface area contributed by atoms with Gasteiger partial charge in [-0.1, -0.05) is 0 Å². The quantitative estimate of drug-likeness (QED) is 0.809. The van der Waals surface area contributed by atoms with Gasteiger partial charge < -0.3 is 10.6 Å². The van der Waals surface area contributed by atoms with Gasteiger partial charge in [0.1, 0.15) is 0 Å². The van der Waals surface area contributed by atoms with Crippen LogP contribution in [0.3, 0.4) is 0 Å². The molecule has 1 aliphatic heterocycles. The lowest BCUT2D eigenvalue weighted by molar-refractivity contribution is 0.658. The molecule has 2 N–H and O–H groups in total. The Morgan fingerprint density at radius 1 is 1.62 bits per heavy atom. The van der Waals surface area contributed by atoms with Crippen molar-refractivity contribution in [3.63, 3.8) is 0 Å². The second kappa shape index (κ2) is 6.07. The zero-order chi connectivity index (χ0) is 10.7. The van der Waals surface area contributed by atoms with E-state index in [9.17, 15) is 0 Å². The van der Waals surface area contributed by atoms with Crippen molar-refractivity contribution in [3.05, 3.63) is 18.0 Å². The van der Waals surface area contributed by atoms with E-state index < -0.39 is 0 Å². The highest BCUT2D eigenvalue weighted by molar-refractivity contribution is 14.0. The third kappa shape index (κ3) is 3.36. The Hall–Kier alpha value is -0.790. The average molecular weight is 335 g/mol. The Morgan fingerprint density at radius 2 is 2.44 bits per heavy atom. The van der Waals surface area contributed by atoms with Crippen LogP contribution in [0.5, 0.6) is 0 Å². The molecule has 2 rings (SSSR count). The molecular formula is C10H18IN5. The molecule has 1 atom stereocenters. The summed E-state index contributed by atoms with van der Waals surface area (Å²) in [5.41, 5.74) is 1.18. The van der Waals surface area contributed by atoms with E-state index in [1.165, 1.54) is 5.56 Å². The summed E-state index contributed by atoms with van der Waals surface area (Å²) in [6.07, 6.45) is 3.93. The van der Waals surface area contributed by atoms with E-state index >= 15 is 0 Å². The molecule has 0 amide bonds. The van der Waals surface area contributed by atoms with Crippen LogP contribution in [0.15, 0.2) is 17.4 Å². The van der Waals surface area contributed by atoms with Crippen molar-refractivity contribution in [2.24, 2.45) is 4.99 Å². The Bertz CT molecular complexity index is 360. The maximum atomic E-state index is 4.33. The average Bonchev–Trinajstić information content (AvgIpc) is 2.83. The SMILES string of the molecule is CCn1cc(CNC2=NCC(C)N2)cn1.I. The topological polar surface area (TPSA) is 54.2 Å². The molecule has 2 heterocycles. The van der Waals surface area contributed by atoms with E-state index in [4.69, 9.17) is 0 Å². The summed E-state index contributed by atoms with van der Waals surface area (Å²) in [5, 5.41) is 10.7. The summed E-state index contributed by atoms with van der Waals surface area (Å²) in [6, 6.07) is 0.450. The Morgan fingerprint density at radius 3 is 3.00 bits per heavy atom. The second-order valence-electron chi connectivity index (χ2n) is 3.79. The van der Waals surface area contributed by atoms with Crippen LogP contribution in [0.2, 0.25) is 0 Å². The fraction of sp³-hybridized carbons (Fsp3) is 0.600. The number of rotatable bonds is 3. The molecule has 90 valence electrons. The summed E-state index contributed by atoms with van der Waals surface area (Å²) in [6.45, 7) is 6.74. The highest BCUT2D eigenvalue weighted by atomic mass is 127. The third-order valence-corrected chi connectivity index (χ3v) is 2.38. The van der Waals surface area contributed by atoms with Crippen LogP contribution in [0, 0.1) is 0 Å². The normalized spacial score (nSPS) is 18.6. The van der Waals surface area contributed by atoms with Gasteiger partial charge in [0, 0.05) is 30.9 Å². The largest absolute Gasteiger partial charge is 0.352 e. The minimum absolute atomic E-state index is 0. The Labute approximate surface area is 113 Å². The molecule has 0 bridgehead atoms. The molecule has 0 fully saturated rings. The smallest absolute Gasteiger partial charge is 0.191 e. The van der Waals surface area contributed by atoms with E-state index in [0.717, 1.165) is 25.6 Å². The van der Waals surface area contributed by atoms with Gasteiger partial charge in [-0.15, -0.1) is 24.0 Å². The van der Waals surface area contributed by atoms with Crippen molar-refractivity contribution >= 4 is 29.9 Å². The Kier molecular flexibility index (Phi) is 5.04. The number of nitrogens with one attached hydrogen (secondary N) is 2. The highest BCUT2D eigenvalue weighted by Crippen LogP contribution is 1.98.